The molecule has 0 amide bonds. The van der Waals surface area contributed by atoms with Crippen molar-refractivity contribution < 1.29 is 9.90 Å². The van der Waals surface area contributed by atoms with Crippen LogP contribution in [0.5, 0.6) is 0 Å². The van der Waals surface area contributed by atoms with E-state index in [2.05, 4.69) is 11.4 Å². The van der Waals surface area contributed by atoms with Gasteiger partial charge in [0.1, 0.15) is 6.07 Å². The highest BCUT2D eigenvalue weighted by Gasteiger charge is 2.34. The summed E-state index contributed by atoms with van der Waals surface area (Å²) in [5.41, 5.74) is 2.30. The fourth-order valence-electron chi connectivity index (χ4n) is 3.23. The molecule has 1 aliphatic carbocycles. The Morgan fingerprint density at radius 2 is 2.10 bits per heavy atom. The number of aliphatic carboxylic acids is 1. The molecule has 112 valence electrons. The van der Waals surface area contributed by atoms with Crippen LogP contribution in [0, 0.1) is 23.7 Å². The van der Waals surface area contributed by atoms with Gasteiger partial charge in [0.2, 0.25) is 0 Å². The number of nitrogens with one attached hydrogen (secondary N) is 1. The molecule has 0 spiro atoms. The molecule has 0 atom stereocenters. The number of nitriles is 1. The summed E-state index contributed by atoms with van der Waals surface area (Å²) in [6, 6.07) is 7.93. The Morgan fingerprint density at radius 1 is 1.38 bits per heavy atom. The van der Waals surface area contributed by atoms with E-state index in [4.69, 9.17) is 0 Å². The van der Waals surface area contributed by atoms with Crippen LogP contribution in [0.25, 0.3) is 0 Å². The van der Waals surface area contributed by atoms with Gasteiger partial charge >= 0.3 is 5.97 Å². The van der Waals surface area contributed by atoms with Gasteiger partial charge in [-0.15, -0.1) is 0 Å². The highest BCUT2D eigenvalue weighted by molar-refractivity contribution is 5.68. The Kier molecular flexibility index (Phi) is 4.85. The summed E-state index contributed by atoms with van der Waals surface area (Å²) in [5, 5.41) is 21.7. The average Bonchev–Trinajstić information content (AvgIpc) is 2.46. The van der Waals surface area contributed by atoms with Gasteiger partial charge in [0, 0.05) is 6.54 Å². The van der Waals surface area contributed by atoms with Crippen LogP contribution in [0.3, 0.4) is 0 Å². The zero-order valence-corrected chi connectivity index (χ0v) is 12.5. The van der Waals surface area contributed by atoms with Crippen molar-refractivity contribution in [1.29, 1.82) is 5.26 Å². The van der Waals surface area contributed by atoms with Crippen molar-refractivity contribution in [1.82, 2.24) is 0 Å². The van der Waals surface area contributed by atoms with Crippen molar-refractivity contribution >= 4 is 11.7 Å². The lowest BCUT2D eigenvalue weighted by Crippen LogP contribution is -2.34. The number of benzene rings is 1. The zero-order valence-electron chi connectivity index (χ0n) is 12.5. The van der Waals surface area contributed by atoms with E-state index in [1.807, 2.05) is 25.1 Å². The quantitative estimate of drug-likeness (QED) is 0.865. The maximum absolute atomic E-state index is 11.2. The minimum absolute atomic E-state index is 0.179. The number of carbonyl (C=O) groups is 1. The lowest BCUT2D eigenvalue weighted by molar-refractivity contribution is -0.140. The molecule has 0 unspecified atom stereocenters. The number of carboxylic acid groups (broad SMARTS) is 1. The van der Waals surface area contributed by atoms with Gasteiger partial charge in [-0.3, -0.25) is 4.79 Å². The molecule has 21 heavy (non-hydrogen) atoms. The average molecular weight is 286 g/mol. The number of hydrogen-bond donors (Lipinski definition) is 2. The SMILES string of the molecule is Cc1ccc(NCC2(CC(=O)O)CCCCC2)c(C#N)c1. The molecular weight excluding hydrogens is 264 g/mol. The molecule has 1 aliphatic rings. The standard InChI is InChI=1S/C17H22N2O2/c1-13-5-6-15(14(9-13)11-18)19-12-17(10-16(20)21)7-3-2-4-8-17/h5-6,9,19H,2-4,7-8,10,12H2,1H3,(H,20,21). The first kappa shape index (κ1) is 15.4. The second-order valence-electron chi connectivity index (χ2n) is 6.15. The molecule has 0 heterocycles. The second-order valence-corrected chi connectivity index (χ2v) is 6.15. The van der Waals surface area contributed by atoms with Crippen molar-refractivity contribution in [2.75, 3.05) is 11.9 Å². The second kappa shape index (κ2) is 6.62. The fourth-order valence-corrected chi connectivity index (χ4v) is 3.23. The molecule has 0 aliphatic heterocycles. The van der Waals surface area contributed by atoms with Gasteiger partial charge in [-0.25, -0.2) is 0 Å². The Balaban J connectivity index is 2.12. The number of anilines is 1. The van der Waals surface area contributed by atoms with Gasteiger partial charge in [0.05, 0.1) is 17.7 Å². The fraction of sp³-hybridized carbons (Fsp3) is 0.529. The summed E-state index contributed by atoms with van der Waals surface area (Å²) in [6.07, 6.45) is 5.46. The highest BCUT2D eigenvalue weighted by atomic mass is 16.4. The minimum atomic E-state index is -0.733. The van der Waals surface area contributed by atoms with Gasteiger partial charge in [-0.2, -0.15) is 5.26 Å². The van der Waals surface area contributed by atoms with Crippen molar-refractivity contribution in [2.24, 2.45) is 5.41 Å². The molecule has 2 rings (SSSR count). The van der Waals surface area contributed by atoms with Gasteiger partial charge < -0.3 is 10.4 Å². The topological polar surface area (TPSA) is 73.1 Å². The van der Waals surface area contributed by atoms with Gasteiger partial charge in [0.15, 0.2) is 0 Å². The van der Waals surface area contributed by atoms with E-state index >= 15 is 0 Å². The predicted molar refractivity (Wildman–Crippen MR) is 82.2 cm³/mol. The van der Waals surface area contributed by atoms with Crippen molar-refractivity contribution in [3.63, 3.8) is 0 Å². The number of rotatable bonds is 5. The maximum Gasteiger partial charge on any atom is 0.303 e. The van der Waals surface area contributed by atoms with E-state index in [1.165, 1.54) is 6.42 Å². The highest BCUT2D eigenvalue weighted by Crippen LogP contribution is 2.39. The molecule has 0 aromatic heterocycles. The largest absolute Gasteiger partial charge is 0.481 e. The molecule has 0 bridgehead atoms. The first-order valence-corrected chi connectivity index (χ1v) is 7.51. The van der Waals surface area contributed by atoms with Crippen LogP contribution in [0.2, 0.25) is 0 Å². The molecular formula is C17H22N2O2. The maximum atomic E-state index is 11.2. The summed E-state index contributed by atoms with van der Waals surface area (Å²) in [6.45, 7) is 2.58. The smallest absolute Gasteiger partial charge is 0.303 e. The van der Waals surface area contributed by atoms with Crippen molar-refractivity contribution in [3.8, 4) is 6.07 Å². The Hall–Kier alpha value is -2.02. The predicted octanol–water partition coefficient (Wildman–Crippen LogP) is 3.70. The monoisotopic (exact) mass is 286 g/mol. The normalized spacial score (nSPS) is 17.0. The Bertz CT molecular complexity index is 554. The molecule has 0 radical (unpaired) electrons. The Morgan fingerprint density at radius 3 is 2.71 bits per heavy atom. The van der Waals surface area contributed by atoms with Crippen LogP contribution in [-0.2, 0) is 4.79 Å². The third kappa shape index (κ3) is 3.98. The van der Waals surface area contributed by atoms with E-state index in [0.29, 0.717) is 12.1 Å². The van der Waals surface area contributed by atoms with Crippen LogP contribution in [0.1, 0.15) is 49.7 Å². The van der Waals surface area contributed by atoms with Crippen molar-refractivity contribution in [3.05, 3.63) is 29.3 Å². The first-order valence-electron chi connectivity index (χ1n) is 7.51. The summed E-state index contributed by atoms with van der Waals surface area (Å²) in [5.74, 6) is -0.733. The van der Waals surface area contributed by atoms with E-state index in [9.17, 15) is 15.2 Å². The van der Waals surface area contributed by atoms with E-state index in [-0.39, 0.29) is 11.8 Å². The lowest BCUT2D eigenvalue weighted by atomic mass is 9.71. The molecule has 1 aromatic rings. The van der Waals surface area contributed by atoms with E-state index in [1.54, 1.807) is 0 Å². The zero-order chi connectivity index (χ0) is 15.3. The van der Waals surface area contributed by atoms with Crippen LogP contribution >= 0.6 is 0 Å². The molecule has 1 aromatic carbocycles. The van der Waals surface area contributed by atoms with Gasteiger partial charge in [0.25, 0.3) is 0 Å². The molecule has 4 nitrogen and oxygen atoms in total. The lowest BCUT2D eigenvalue weighted by Gasteiger charge is -2.36. The van der Waals surface area contributed by atoms with E-state index < -0.39 is 5.97 Å². The van der Waals surface area contributed by atoms with Gasteiger partial charge in [-0.05, 0) is 42.9 Å². The number of carboxylic acids is 1. The van der Waals surface area contributed by atoms with Crippen LogP contribution in [0.4, 0.5) is 5.69 Å². The third-order valence-corrected chi connectivity index (χ3v) is 4.39. The minimum Gasteiger partial charge on any atom is -0.481 e. The summed E-state index contributed by atoms with van der Waals surface area (Å²) in [4.78, 5) is 11.2. The van der Waals surface area contributed by atoms with Crippen molar-refractivity contribution in [2.45, 2.75) is 45.4 Å². The van der Waals surface area contributed by atoms with Crippen LogP contribution in [0.15, 0.2) is 18.2 Å². The molecule has 0 saturated heterocycles. The number of nitrogens with zero attached hydrogens (tertiary/aromatic N) is 1. The summed E-state index contributed by atoms with van der Waals surface area (Å²) in [7, 11) is 0. The van der Waals surface area contributed by atoms with Crippen LogP contribution in [-0.4, -0.2) is 17.6 Å². The number of aryl methyl sites for hydroxylation is 1. The van der Waals surface area contributed by atoms with E-state index in [0.717, 1.165) is 36.9 Å². The molecule has 1 fully saturated rings. The van der Waals surface area contributed by atoms with Gasteiger partial charge in [-0.1, -0.05) is 25.3 Å². The first-order chi connectivity index (χ1) is 10.0. The summed E-state index contributed by atoms with van der Waals surface area (Å²) < 4.78 is 0. The molecule has 4 heteroatoms. The number of hydrogen-bond acceptors (Lipinski definition) is 3. The molecule has 2 N–H and O–H groups in total. The Labute approximate surface area is 125 Å². The third-order valence-electron chi connectivity index (χ3n) is 4.39. The summed E-state index contributed by atoms with van der Waals surface area (Å²) >= 11 is 0. The molecule has 1 saturated carbocycles. The van der Waals surface area contributed by atoms with Crippen LogP contribution < -0.4 is 5.32 Å².